The van der Waals surface area contributed by atoms with E-state index in [4.69, 9.17) is 18.9 Å². The number of fused-ring (bicyclic) bond motifs is 1. The molecule has 8 rings (SSSR count). The summed E-state index contributed by atoms with van der Waals surface area (Å²) in [6, 6.07) is 27.7. The SMILES string of the molecule is COC(=O)N[C@@H](C(=O)N1CCC[C@H]1C(=O)Nc1cccc(-c2cnc(-c3ccc4[nH]c([C@@H]5CCCN5C(=O)[C@H](NC(=O)OC)c5ccccc5)nc4c3)o2)c1)c1ccccc1. The maximum Gasteiger partial charge on any atom is 0.407 e. The molecule has 0 unspecified atom stereocenters. The highest BCUT2D eigenvalue weighted by Crippen LogP contribution is 2.35. The Kier molecular flexibility index (Phi) is 11.7. The largest absolute Gasteiger partial charge is 0.453 e. The molecule has 4 heterocycles. The van der Waals surface area contributed by atoms with Crippen LogP contribution in [0.1, 0.15) is 60.8 Å². The summed E-state index contributed by atoms with van der Waals surface area (Å²) >= 11 is 0. The van der Waals surface area contributed by atoms with Gasteiger partial charge in [-0.05, 0) is 67.1 Å². The van der Waals surface area contributed by atoms with Crippen LogP contribution in [0.3, 0.4) is 0 Å². The number of nitrogens with one attached hydrogen (secondary N) is 4. The minimum Gasteiger partial charge on any atom is -0.453 e. The summed E-state index contributed by atoms with van der Waals surface area (Å²) < 4.78 is 15.8. The van der Waals surface area contributed by atoms with Crippen LogP contribution in [0.25, 0.3) is 33.8 Å². The Morgan fingerprint density at radius 1 is 0.738 bits per heavy atom. The Bertz CT molecular complexity index is 2560. The number of amides is 5. The van der Waals surface area contributed by atoms with E-state index in [-0.39, 0.29) is 17.9 Å². The lowest BCUT2D eigenvalue weighted by Gasteiger charge is -2.28. The van der Waals surface area contributed by atoms with Crippen molar-refractivity contribution >= 4 is 46.6 Å². The fraction of sp³-hybridized carbons (Fsp3) is 0.267. The molecule has 4 atom stereocenters. The topological polar surface area (TPSA) is 201 Å². The first-order valence-electron chi connectivity index (χ1n) is 20.0. The number of H-pyrrole nitrogens is 1. The van der Waals surface area contributed by atoms with Crippen molar-refractivity contribution < 1.29 is 37.9 Å². The molecule has 2 saturated heterocycles. The number of oxazole rings is 1. The van der Waals surface area contributed by atoms with Gasteiger partial charge in [-0.3, -0.25) is 14.4 Å². The molecular formula is C45H44N8O8. The second-order valence-electron chi connectivity index (χ2n) is 14.8. The zero-order valence-corrected chi connectivity index (χ0v) is 33.5. The van der Waals surface area contributed by atoms with Crippen molar-refractivity contribution in [2.24, 2.45) is 0 Å². The lowest BCUT2D eigenvalue weighted by molar-refractivity contribution is -0.138. The Hall–Kier alpha value is -7.49. The van der Waals surface area contributed by atoms with E-state index >= 15 is 0 Å². The van der Waals surface area contributed by atoms with Gasteiger partial charge in [0.05, 0.1) is 37.5 Å². The van der Waals surface area contributed by atoms with Crippen molar-refractivity contribution in [3.63, 3.8) is 0 Å². The van der Waals surface area contributed by atoms with Crippen molar-refractivity contribution in [3.8, 4) is 22.8 Å². The maximum absolute atomic E-state index is 14.0. The number of imidazole rings is 1. The molecule has 0 spiro atoms. The Balaban J connectivity index is 0.957. The Labute approximate surface area is 350 Å². The summed E-state index contributed by atoms with van der Waals surface area (Å²) in [7, 11) is 2.49. The number of aromatic nitrogens is 3. The summed E-state index contributed by atoms with van der Waals surface area (Å²) in [5, 5.41) is 8.27. The summed E-state index contributed by atoms with van der Waals surface area (Å²) in [4.78, 5) is 82.0. The number of ether oxygens (including phenoxy) is 2. The molecule has 4 N–H and O–H groups in total. The summed E-state index contributed by atoms with van der Waals surface area (Å²) in [5.74, 6) is 0.458. The van der Waals surface area contributed by atoms with Crippen LogP contribution in [0.15, 0.2) is 114 Å². The zero-order valence-electron chi connectivity index (χ0n) is 33.5. The van der Waals surface area contributed by atoms with E-state index in [9.17, 15) is 24.0 Å². The second-order valence-corrected chi connectivity index (χ2v) is 14.8. The first-order chi connectivity index (χ1) is 29.7. The number of aromatic amines is 1. The van der Waals surface area contributed by atoms with Crippen LogP contribution in [0.5, 0.6) is 0 Å². The zero-order chi connectivity index (χ0) is 42.5. The van der Waals surface area contributed by atoms with E-state index in [0.29, 0.717) is 83.3 Å². The van der Waals surface area contributed by atoms with E-state index in [1.54, 1.807) is 65.7 Å². The number of carbonyl (C=O) groups excluding carboxylic acids is 5. The molecule has 2 aromatic heterocycles. The fourth-order valence-corrected chi connectivity index (χ4v) is 8.00. The third-order valence-corrected chi connectivity index (χ3v) is 11.0. The van der Waals surface area contributed by atoms with Crippen LogP contribution in [-0.4, -0.2) is 88.0 Å². The van der Waals surface area contributed by atoms with Gasteiger partial charge in [-0.2, -0.15) is 0 Å². The highest BCUT2D eigenvalue weighted by Gasteiger charge is 2.39. The number of carbonyl (C=O) groups is 5. The molecular weight excluding hydrogens is 781 g/mol. The average Bonchev–Trinajstić information content (AvgIpc) is 4.14. The minimum atomic E-state index is -1.02. The van der Waals surface area contributed by atoms with E-state index < -0.39 is 36.2 Å². The number of methoxy groups -OCH3 is 2. The van der Waals surface area contributed by atoms with Crippen LogP contribution in [0.2, 0.25) is 0 Å². The molecule has 61 heavy (non-hydrogen) atoms. The van der Waals surface area contributed by atoms with Crippen LogP contribution < -0.4 is 16.0 Å². The number of nitrogens with zero attached hydrogens (tertiary/aromatic N) is 4. The first-order valence-corrected chi connectivity index (χ1v) is 20.0. The predicted octanol–water partition coefficient (Wildman–Crippen LogP) is 6.67. The third-order valence-electron chi connectivity index (χ3n) is 11.0. The molecule has 0 radical (unpaired) electrons. The van der Waals surface area contributed by atoms with Gasteiger partial charge in [-0.15, -0.1) is 0 Å². The first kappa shape index (κ1) is 40.3. The monoisotopic (exact) mass is 824 g/mol. The number of hydrogen-bond acceptors (Lipinski definition) is 10. The molecule has 2 aliphatic heterocycles. The van der Waals surface area contributed by atoms with Crippen molar-refractivity contribution in [2.45, 2.75) is 49.9 Å². The number of anilines is 1. The Morgan fingerprint density at radius 3 is 2.05 bits per heavy atom. The number of alkyl carbamates (subject to hydrolysis) is 2. The molecule has 0 aliphatic carbocycles. The molecule has 2 fully saturated rings. The normalized spacial score (nSPS) is 17.1. The van der Waals surface area contributed by atoms with Crippen LogP contribution in [0, 0.1) is 0 Å². The number of likely N-dealkylation sites (tertiary alicyclic amines) is 2. The molecule has 16 heteroatoms. The summed E-state index contributed by atoms with van der Waals surface area (Å²) in [6.45, 7) is 0.867. The van der Waals surface area contributed by atoms with Crippen molar-refractivity contribution in [2.75, 3.05) is 32.6 Å². The van der Waals surface area contributed by atoms with Gasteiger partial charge in [-0.25, -0.2) is 19.6 Å². The van der Waals surface area contributed by atoms with Gasteiger partial charge in [0.1, 0.15) is 23.9 Å². The molecule has 0 saturated carbocycles. The molecule has 5 amide bonds. The van der Waals surface area contributed by atoms with Crippen molar-refractivity contribution in [3.05, 3.63) is 126 Å². The smallest absolute Gasteiger partial charge is 0.407 e. The van der Waals surface area contributed by atoms with Gasteiger partial charge in [-0.1, -0.05) is 72.8 Å². The van der Waals surface area contributed by atoms with Crippen LogP contribution in [-0.2, 0) is 23.9 Å². The van der Waals surface area contributed by atoms with Gasteiger partial charge in [0.15, 0.2) is 5.76 Å². The van der Waals surface area contributed by atoms with Gasteiger partial charge < -0.3 is 44.6 Å². The summed E-state index contributed by atoms with van der Waals surface area (Å²) in [5.41, 5.74) is 4.53. The van der Waals surface area contributed by atoms with Gasteiger partial charge >= 0.3 is 12.2 Å². The number of hydrogen-bond donors (Lipinski definition) is 4. The third kappa shape index (κ3) is 8.64. The standard InChI is InChI=1S/C45H44N8O8/c1-59-44(57)50-37(27-12-5-3-6-13-27)42(55)52-22-10-18-34(52)39-48-32-21-20-30(25-33(32)49-39)41-46-26-36(61-41)29-16-9-17-31(24-29)47-40(54)35-19-11-23-53(35)43(56)38(51-45(58)60-2)28-14-7-4-8-15-28/h3-9,12-17,20-21,24-26,34-35,37-38H,10-11,18-19,22-23H2,1-2H3,(H,47,54)(H,48,49)(H,50,57)(H,51,58)/t34-,35-,37+,38+/m0/s1. The van der Waals surface area contributed by atoms with Gasteiger partial charge in [0, 0.05) is 29.9 Å². The van der Waals surface area contributed by atoms with E-state index in [1.165, 1.54) is 19.1 Å². The summed E-state index contributed by atoms with van der Waals surface area (Å²) in [6.07, 6.45) is 2.71. The number of rotatable bonds is 11. The predicted molar refractivity (Wildman–Crippen MR) is 224 cm³/mol. The second kappa shape index (κ2) is 17.8. The minimum absolute atomic E-state index is 0.256. The lowest BCUT2D eigenvalue weighted by atomic mass is 10.0. The van der Waals surface area contributed by atoms with E-state index in [0.717, 1.165) is 11.9 Å². The van der Waals surface area contributed by atoms with Crippen LogP contribution in [0.4, 0.5) is 15.3 Å². The average molecular weight is 825 g/mol. The molecule has 4 aromatic carbocycles. The Morgan fingerprint density at radius 2 is 1.38 bits per heavy atom. The van der Waals surface area contributed by atoms with Gasteiger partial charge in [0.2, 0.25) is 11.8 Å². The molecule has 2 aliphatic rings. The molecule has 16 nitrogen and oxygen atoms in total. The van der Waals surface area contributed by atoms with Crippen LogP contribution >= 0.6 is 0 Å². The van der Waals surface area contributed by atoms with E-state index in [1.807, 2.05) is 48.5 Å². The molecule has 0 bridgehead atoms. The lowest BCUT2D eigenvalue weighted by Crippen LogP contribution is -2.48. The highest BCUT2D eigenvalue weighted by molar-refractivity contribution is 5.99. The van der Waals surface area contributed by atoms with Crippen molar-refractivity contribution in [1.82, 2.24) is 35.4 Å². The molecule has 312 valence electrons. The quantitative estimate of drug-likeness (QED) is 0.109. The molecule has 6 aromatic rings. The maximum atomic E-state index is 14.0. The fourth-order valence-electron chi connectivity index (χ4n) is 8.00. The number of benzene rings is 4. The van der Waals surface area contributed by atoms with E-state index in [2.05, 4.69) is 25.9 Å². The highest BCUT2D eigenvalue weighted by atomic mass is 16.5. The van der Waals surface area contributed by atoms with Gasteiger partial charge in [0.25, 0.3) is 11.8 Å². The van der Waals surface area contributed by atoms with Crippen molar-refractivity contribution in [1.29, 1.82) is 0 Å².